The molecule has 20 heavy (non-hydrogen) atoms. The lowest BCUT2D eigenvalue weighted by molar-refractivity contribution is 0.0695. The number of aromatic nitrogens is 2. The van der Waals surface area contributed by atoms with E-state index in [4.69, 9.17) is 16.7 Å². The Kier molecular flexibility index (Phi) is 3.95. The van der Waals surface area contributed by atoms with Crippen molar-refractivity contribution >= 4 is 29.2 Å². The van der Waals surface area contributed by atoms with Crippen LogP contribution >= 0.6 is 11.6 Å². The van der Waals surface area contributed by atoms with Crippen LogP contribution in [0, 0.1) is 6.92 Å². The van der Waals surface area contributed by atoms with Gasteiger partial charge >= 0.3 is 5.97 Å². The largest absolute Gasteiger partial charge is 0.478 e. The molecule has 2 N–H and O–H groups in total. The fraction of sp³-hybridized carbons (Fsp3) is 0.0769. The maximum absolute atomic E-state index is 12.0. The van der Waals surface area contributed by atoms with Gasteiger partial charge in [0.1, 0.15) is 10.8 Å². The fourth-order valence-corrected chi connectivity index (χ4v) is 1.79. The Morgan fingerprint density at radius 1 is 1.30 bits per heavy atom. The number of aromatic carboxylic acids is 1. The normalized spacial score (nSPS) is 10.1. The van der Waals surface area contributed by atoms with Gasteiger partial charge < -0.3 is 10.4 Å². The van der Waals surface area contributed by atoms with Crippen LogP contribution in [0.2, 0.25) is 5.15 Å². The number of rotatable bonds is 3. The molecule has 1 heterocycles. The highest BCUT2D eigenvalue weighted by Gasteiger charge is 2.14. The summed E-state index contributed by atoms with van der Waals surface area (Å²) >= 11 is 5.66. The van der Waals surface area contributed by atoms with E-state index in [1.54, 1.807) is 19.1 Å². The van der Waals surface area contributed by atoms with Gasteiger partial charge in [-0.1, -0.05) is 17.7 Å². The van der Waals surface area contributed by atoms with E-state index in [2.05, 4.69) is 15.3 Å². The van der Waals surface area contributed by atoms with E-state index in [-0.39, 0.29) is 16.4 Å². The van der Waals surface area contributed by atoms with Crippen LogP contribution in [0.3, 0.4) is 0 Å². The van der Waals surface area contributed by atoms with Gasteiger partial charge in [-0.05, 0) is 24.6 Å². The molecule has 102 valence electrons. The van der Waals surface area contributed by atoms with Gasteiger partial charge in [0.2, 0.25) is 0 Å². The number of amides is 1. The van der Waals surface area contributed by atoms with Crippen LogP contribution < -0.4 is 5.32 Å². The Labute approximate surface area is 119 Å². The predicted octanol–water partition coefficient (Wildman–Crippen LogP) is 2.39. The quantitative estimate of drug-likeness (QED) is 0.906. The van der Waals surface area contributed by atoms with Gasteiger partial charge in [-0.15, -0.1) is 0 Å². The average Bonchev–Trinajstić information content (AvgIpc) is 2.40. The molecule has 7 heteroatoms. The minimum Gasteiger partial charge on any atom is -0.478 e. The topological polar surface area (TPSA) is 92.2 Å². The predicted molar refractivity (Wildman–Crippen MR) is 73.1 cm³/mol. The molecule has 0 spiro atoms. The summed E-state index contributed by atoms with van der Waals surface area (Å²) in [5.41, 5.74) is 1.04. The number of carbonyl (C=O) groups is 2. The smallest absolute Gasteiger partial charge is 0.336 e. The molecule has 2 aromatic rings. The van der Waals surface area contributed by atoms with Crippen LogP contribution in [0.4, 0.5) is 5.69 Å². The van der Waals surface area contributed by atoms with Gasteiger partial charge in [-0.3, -0.25) is 9.78 Å². The third kappa shape index (κ3) is 2.92. The Balaban J connectivity index is 2.29. The lowest BCUT2D eigenvalue weighted by Crippen LogP contribution is -2.15. The van der Waals surface area contributed by atoms with Crippen molar-refractivity contribution in [3.63, 3.8) is 0 Å². The van der Waals surface area contributed by atoms with Gasteiger partial charge in [0, 0.05) is 5.69 Å². The maximum Gasteiger partial charge on any atom is 0.336 e. The summed E-state index contributed by atoms with van der Waals surface area (Å²) in [5, 5.41) is 11.7. The Bertz CT molecular complexity index is 688. The summed E-state index contributed by atoms with van der Waals surface area (Å²) in [6.07, 6.45) is 2.59. The number of carboxylic acids is 1. The molecule has 0 saturated heterocycles. The highest BCUT2D eigenvalue weighted by molar-refractivity contribution is 6.29. The van der Waals surface area contributed by atoms with Crippen molar-refractivity contribution in [2.75, 3.05) is 5.32 Å². The summed E-state index contributed by atoms with van der Waals surface area (Å²) in [6.45, 7) is 1.61. The number of carbonyl (C=O) groups excluding carboxylic acids is 1. The third-order valence-electron chi connectivity index (χ3n) is 2.65. The fourth-order valence-electron chi connectivity index (χ4n) is 1.64. The number of nitrogens with one attached hydrogen (secondary N) is 1. The molecule has 0 aliphatic rings. The SMILES string of the molecule is Cc1c(NC(=O)c2cncc(Cl)n2)cccc1C(=O)O. The second-order valence-corrected chi connectivity index (χ2v) is 4.35. The number of hydrogen-bond acceptors (Lipinski definition) is 4. The van der Waals surface area contributed by atoms with Gasteiger partial charge in [-0.2, -0.15) is 0 Å². The number of hydrogen-bond donors (Lipinski definition) is 2. The molecule has 6 nitrogen and oxygen atoms in total. The van der Waals surface area contributed by atoms with Crippen LogP contribution in [-0.4, -0.2) is 27.0 Å². The highest BCUT2D eigenvalue weighted by Crippen LogP contribution is 2.19. The van der Waals surface area contributed by atoms with Crippen molar-refractivity contribution in [1.82, 2.24) is 9.97 Å². The second kappa shape index (κ2) is 5.66. The molecule has 0 bridgehead atoms. The number of carboxylic acid groups (broad SMARTS) is 1. The molecule has 2 rings (SSSR count). The van der Waals surface area contributed by atoms with E-state index in [9.17, 15) is 9.59 Å². The van der Waals surface area contributed by atoms with Gasteiger partial charge in [-0.25, -0.2) is 9.78 Å². The highest BCUT2D eigenvalue weighted by atomic mass is 35.5. The molecule has 0 fully saturated rings. The first-order chi connectivity index (χ1) is 9.49. The zero-order chi connectivity index (χ0) is 14.7. The van der Waals surface area contributed by atoms with Crippen LogP contribution in [0.5, 0.6) is 0 Å². The van der Waals surface area contributed by atoms with Crippen molar-refractivity contribution < 1.29 is 14.7 Å². The monoisotopic (exact) mass is 291 g/mol. The standard InChI is InChI=1S/C13H10ClN3O3/c1-7-8(13(19)20)3-2-4-9(7)17-12(18)10-5-15-6-11(14)16-10/h2-6H,1H3,(H,17,18)(H,19,20). The van der Waals surface area contributed by atoms with Crippen molar-refractivity contribution in [2.24, 2.45) is 0 Å². The van der Waals surface area contributed by atoms with Crippen LogP contribution in [-0.2, 0) is 0 Å². The van der Waals surface area contributed by atoms with E-state index in [0.29, 0.717) is 11.3 Å². The number of nitrogens with zero attached hydrogens (tertiary/aromatic N) is 2. The minimum absolute atomic E-state index is 0.0534. The van der Waals surface area contributed by atoms with E-state index in [1.165, 1.54) is 18.5 Å². The molecule has 0 radical (unpaired) electrons. The van der Waals surface area contributed by atoms with Crippen molar-refractivity contribution in [2.45, 2.75) is 6.92 Å². The van der Waals surface area contributed by atoms with Gasteiger partial charge in [0.05, 0.1) is 18.0 Å². The van der Waals surface area contributed by atoms with E-state index < -0.39 is 11.9 Å². The first-order valence-corrected chi connectivity index (χ1v) is 5.98. The van der Waals surface area contributed by atoms with E-state index >= 15 is 0 Å². The van der Waals surface area contributed by atoms with Crippen LogP contribution in [0.1, 0.15) is 26.4 Å². The van der Waals surface area contributed by atoms with Crippen LogP contribution in [0.15, 0.2) is 30.6 Å². The Morgan fingerprint density at radius 2 is 2.05 bits per heavy atom. The Hall–Kier alpha value is -2.47. The number of anilines is 1. The summed E-state index contributed by atoms with van der Waals surface area (Å²) in [6, 6.07) is 4.62. The molecule has 0 unspecified atom stereocenters. The molecule has 0 atom stereocenters. The van der Waals surface area contributed by atoms with Crippen LogP contribution in [0.25, 0.3) is 0 Å². The molecule has 0 saturated carbocycles. The second-order valence-electron chi connectivity index (χ2n) is 3.96. The Morgan fingerprint density at radius 3 is 2.70 bits per heavy atom. The van der Waals surface area contributed by atoms with E-state index in [1.807, 2.05) is 0 Å². The summed E-state index contributed by atoms with van der Waals surface area (Å²) in [5.74, 6) is -1.56. The molecule has 1 amide bonds. The third-order valence-corrected chi connectivity index (χ3v) is 2.83. The van der Waals surface area contributed by atoms with Crippen molar-refractivity contribution in [1.29, 1.82) is 0 Å². The maximum atomic E-state index is 12.0. The zero-order valence-corrected chi connectivity index (χ0v) is 11.2. The molecular formula is C13H10ClN3O3. The minimum atomic E-state index is -1.05. The average molecular weight is 292 g/mol. The zero-order valence-electron chi connectivity index (χ0n) is 10.4. The molecule has 0 aliphatic carbocycles. The first-order valence-electron chi connectivity index (χ1n) is 5.61. The first kappa shape index (κ1) is 14.0. The molecular weight excluding hydrogens is 282 g/mol. The van der Waals surface area contributed by atoms with E-state index in [0.717, 1.165) is 0 Å². The van der Waals surface area contributed by atoms with Crippen molar-refractivity contribution in [3.05, 3.63) is 52.6 Å². The van der Waals surface area contributed by atoms with Crippen molar-refractivity contribution in [3.8, 4) is 0 Å². The molecule has 0 aliphatic heterocycles. The lowest BCUT2D eigenvalue weighted by Gasteiger charge is -2.09. The lowest BCUT2D eigenvalue weighted by atomic mass is 10.1. The summed E-state index contributed by atoms with van der Waals surface area (Å²) in [7, 11) is 0. The summed E-state index contributed by atoms with van der Waals surface area (Å²) < 4.78 is 0. The van der Waals surface area contributed by atoms with Gasteiger partial charge in [0.15, 0.2) is 0 Å². The summed E-state index contributed by atoms with van der Waals surface area (Å²) in [4.78, 5) is 30.6. The molecule has 1 aromatic heterocycles. The number of halogens is 1. The van der Waals surface area contributed by atoms with Gasteiger partial charge in [0.25, 0.3) is 5.91 Å². The molecule has 1 aromatic carbocycles. The number of benzene rings is 1.